The quantitative estimate of drug-likeness (QED) is 0.563. The van der Waals surface area contributed by atoms with Crippen LogP contribution < -0.4 is 10.5 Å². The van der Waals surface area contributed by atoms with Gasteiger partial charge < -0.3 is 15.4 Å². The summed E-state index contributed by atoms with van der Waals surface area (Å²) in [6.45, 7) is 3.58. The molecule has 2 N–H and O–H groups in total. The fraction of sp³-hybridized carbons (Fsp3) is 0.292. The van der Waals surface area contributed by atoms with Gasteiger partial charge in [-0.3, -0.25) is 4.79 Å². The second-order valence-corrected chi connectivity index (χ2v) is 8.82. The average Bonchev–Trinajstić information content (AvgIpc) is 3.40. The first-order chi connectivity index (χ1) is 17.6. The van der Waals surface area contributed by atoms with Gasteiger partial charge in [0.15, 0.2) is 17.4 Å². The molecule has 2 aromatic heterocycles. The molecule has 1 atom stereocenters. The van der Waals surface area contributed by atoms with Crippen LogP contribution in [-0.2, 0) is 0 Å². The van der Waals surface area contributed by atoms with E-state index in [1.807, 2.05) is 0 Å². The molecular formula is C24H22F3N7O3. The summed E-state index contributed by atoms with van der Waals surface area (Å²) < 4.78 is 49.0. The molecule has 10 nitrogen and oxygen atoms in total. The summed E-state index contributed by atoms with van der Waals surface area (Å²) in [6, 6.07) is 3.36. The topological polar surface area (TPSA) is 119 Å². The van der Waals surface area contributed by atoms with Gasteiger partial charge in [0.1, 0.15) is 17.7 Å². The molecule has 1 aromatic carbocycles. The zero-order valence-electron chi connectivity index (χ0n) is 19.9. The number of likely N-dealkylation sites (tertiary alicyclic amines) is 1. The molecule has 3 amide bonds. The molecule has 4 heterocycles. The number of primary amides is 1. The summed E-state index contributed by atoms with van der Waals surface area (Å²) in [4.78, 5) is 30.1. The number of pyridine rings is 1. The number of rotatable bonds is 5. The third-order valence-electron chi connectivity index (χ3n) is 6.27. The number of ether oxygens (including phenoxy) is 1. The molecule has 37 heavy (non-hydrogen) atoms. The maximum Gasteiger partial charge on any atom is 0.341 e. The summed E-state index contributed by atoms with van der Waals surface area (Å²) >= 11 is 0. The van der Waals surface area contributed by atoms with Gasteiger partial charge in [-0.05, 0) is 31.5 Å². The van der Waals surface area contributed by atoms with E-state index in [4.69, 9.17) is 10.5 Å². The van der Waals surface area contributed by atoms with E-state index >= 15 is 0 Å². The van der Waals surface area contributed by atoms with Crippen molar-refractivity contribution in [3.05, 3.63) is 70.4 Å². The van der Waals surface area contributed by atoms with Crippen LogP contribution in [0.2, 0.25) is 0 Å². The molecular weight excluding hydrogens is 491 g/mol. The number of amides is 3. The molecule has 1 saturated heterocycles. The summed E-state index contributed by atoms with van der Waals surface area (Å²) in [7, 11) is 0. The van der Waals surface area contributed by atoms with Gasteiger partial charge in [0.05, 0.1) is 42.3 Å². The van der Waals surface area contributed by atoms with Gasteiger partial charge >= 0.3 is 6.03 Å². The summed E-state index contributed by atoms with van der Waals surface area (Å²) in [5, 5.41) is 9.51. The lowest BCUT2D eigenvalue weighted by atomic mass is 10.0. The highest BCUT2D eigenvalue weighted by Gasteiger charge is 2.39. The summed E-state index contributed by atoms with van der Waals surface area (Å²) in [5.74, 6) is -2.68. The largest absolute Gasteiger partial charge is 0.483 e. The molecule has 0 radical (unpaired) electrons. The van der Waals surface area contributed by atoms with Crippen molar-refractivity contribution < 1.29 is 27.5 Å². The Hall–Kier alpha value is -4.42. The van der Waals surface area contributed by atoms with Gasteiger partial charge in [0.2, 0.25) is 0 Å². The Kier molecular flexibility index (Phi) is 6.05. The van der Waals surface area contributed by atoms with Gasteiger partial charge in [-0.25, -0.2) is 32.6 Å². The Morgan fingerprint density at radius 3 is 2.43 bits per heavy atom. The lowest BCUT2D eigenvalue weighted by molar-refractivity contribution is 0.0256. The Bertz CT molecular complexity index is 1410. The van der Waals surface area contributed by atoms with Crippen molar-refractivity contribution in [1.82, 2.24) is 24.7 Å². The molecule has 1 fully saturated rings. The monoisotopic (exact) mass is 513 g/mol. The van der Waals surface area contributed by atoms with E-state index in [0.717, 1.165) is 12.3 Å². The van der Waals surface area contributed by atoms with Crippen LogP contribution in [0.15, 0.2) is 35.6 Å². The zero-order chi connectivity index (χ0) is 26.4. The van der Waals surface area contributed by atoms with E-state index in [2.05, 4.69) is 15.2 Å². The fourth-order valence-electron chi connectivity index (χ4n) is 4.47. The summed E-state index contributed by atoms with van der Waals surface area (Å²) in [5.41, 5.74) is 6.83. The lowest BCUT2D eigenvalue weighted by Crippen LogP contribution is -2.58. The predicted octanol–water partition coefficient (Wildman–Crippen LogP) is 3.02. The van der Waals surface area contributed by atoms with Crippen LogP contribution in [0.25, 0.3) is 5.82 Å². The van der Waals surface area contributed by atoms with Crippen LogP contribution in [0.5, 0.6) is 5.75 Å². The summed E-state index contributed by atoms with van der Waals surface area (Å²) in [6.07, 6.45) is 2.30. The second kappa shape index (κ2) is 9.22. The van der Waals surface area contributed by atoms with Gasteiger partial charge in [-0.1, -0.05) is 0 Å². The zero-order valence-corrected chi connectivity index (χ0v) is 19.9. The number of hydrogen-bond donors (Lipinski definition) is 1. The van der Waals surface area contributed by atoms with Crippen LogP contribution in [-0.4, -0.2) is 62.0 Å². The van der Waals surface area contributed by atoms with Crippen LogP contribution in [0.1, 0.15) is 39.8 Å². The molecule has 2 aliphatic rings. The van der Waals surface area contributed by atoms with Crippen LogP contribution >= 0.6 is 0 Å². The van der Waals surface area contributed by atoms with Crippen LogP contribution in [0.3, 0.4) is 0 Å². The van der Waals surface area contributed by atoms with Gasteiger partial charge in [0, 0.05) is 24.8 Å². The van der Waals surface area contributed by atoms with Crippen molar-refractivity contribution in [1.29, 1.82) is 0 Å². The Morgan fingerprint density at radius 1 is 1.08 bits per heavy atom. The molecule has 2 aliphatic heterocycles. The number of hydrogen-bond acceptors (Lipinski definition) is 6. The minimum atomic E-state index is -0.739. The van der Waals surface area contributed by atoms with Crippen molar-refractivity contribution in [3.63, 3.8) is 0 Å². The van der Waals surface area contributed by atoms with E-state index in [1.54, 1.807) is 13.8 Å². The van der Waals surface area contributed by atoms with Gasteiger partial charge in [-0.2, -0.15) is 10.2 Å². The van der Waals surface area contributed by atoms with Crippen molar-refractivity contribution in [2.45, 2.75) is 32.4 Å². The predicted molar refractivity (Wildman–Crippen MR) is 125 cm³/mol. The third-order valence-corrected chi connectivity index (χ3v) is 6.27. The normalized spacial score (nSPS) is 17.3. The molecule has 3 aromatic rings. The SMILES string of the molecule is Cc1nn(-c2cc(OC3CN(C(=O)N4N=CC[C@H]4c4cc(F)cc(F)c4)C3)c(F)cn2)c(C)c1C(N)=O. The minimum absolute atomic E-state index is 0.0948. The molecule has 0 bridgehead atoms. The molecule has 5 rings (SSSR count). The van der Waals surface area contributed by atoms with Crippen LogP contribution in [0.4, 0.5) is 18.0 Å². The molecule has 0 unspecified atom stereocenters. The number of benzene rings is 1. The number of nitrogens with two attached hydrogens (primary N) is 1. The van der Waals surface area contributed by atoms with E-state index < -0.39 is 41.5 Å². The minimum Gasteiger partial charge on any atom is -0.483 e. The number of aromatic nitrogens is 3. The number of aryl methyl sites for hydroxylation is 1. The van der Waals surface area contributed by atoms with E-state index in [0.29, 0.717) is 23.4 Å². The number of carbonyl (C=O) groups excluding carboxylic acids is 2. The van der Waals surface area contributed by atoms with Crippen molar-refractivity contribution in [2.24, 2.45) is 10.8 Å². The Balaban J connectivity index is 1.26. The van der Waals surface area contributed by atoms with Crippen molar-refractivity contribution in [3.8, 4) is 11.6 Å². The smallest absolute Gasteiger partial charge is 0.341 e. The maximum atomic E-state index is 14.5. The van der Waals surface area contributed by atoms with Gasteiger partial charge in [0.25, 0.3) is 5.91 Å². The van der Waals surface area contributed by atoms with E-state index in [9.17, 15) is 22.8 Å². The number of halogens is 3. The first-order valence-electron chi connectivity index (χ1n) is 11.4. The van der Waals surface area contributed by atoms with E-state index in [1.165, 1.54) is 39.0 Å². The maximum absolute atomic E-state index is 14.5. The average molecular weight is 513 g/mol. The molecule has 192 valence electrons. The molecule has 13 heteroatoms. The first-order valence-corrected chi connectivity index (χ1v) is 11.4. The number of carbonyl (C=O) groups is 2. The highest BCUT2D eigenvalue weighted by atomic mass is 19.1. The van der Waals surface area contributed by atoms with Gasteiger partial charge in [-0.15, -0.1) is 0 Å². The molecule has 0 spiro atoms. The molecule has 0 saturated carbocycles. The first kappa shape index (κ1) is 24.3. The van der Waals surface area contributed by atoms with Crippen LogP contribution in [0, 0.1) is 31.3 Å². The fourth-order valence-corrected chi connectivity index (χ4v) is 4.47. The standard InChI is InChI=1S/C24H22F3N7O3/c1-12-22(23(28)35)13(2)33(31-12)21-8-20(18(27)9-29-21)37-17-10-32(11-17)24(36)34-19(3-4-30-34)14-5-15(25)7-16(26)6-14/h4-9,17,19H,3,10-11H2,1-2H3,(H2,28,35)/t19-/m0/s1. The van der Waals surface area contributed by atoms with E-state index in [-0.39, 0.29) is 30.2 Å². The number of nitrogens with zero attached hydrogens (tertiary/aromatic N) is 6. The van der Waals surface area contributed by atoms with Crippen molar-refractivity contribution in [2.75, 3.05) is 13.1 Å². The van der Waals surface area contributed by atoms with Crippen molar-refractivity contribution >= 4 is 18.2 Å². The highest BCUT2D eigenvalue weighted by molar-refractivity contribution is 5.95. The second-order valence-electron chi connectivity index (χ2n) is 8.82. The third kappa shape index (κ3) is 4.47. The number of hydrazone groups is 1. The Labute approximate surface area is 209 Å². The lowest BCUT2D eigenvalue weighted by Gasteiger charge is -2.41. The highest BCUT2D eigenvalue weighted by Crippen LogP contribution is 2.32. The molecule has 0 aliphatic carbocycles. The Morgan fingerprint density at radius 2 is 1.78 bits per heavy atom. The number of urea groups is 1.